The van der Waals surface area contributed by atoms with E-state index in [2.05, 4.69) is 40.2 Å². The highest BCUT2D eigenvalue weighted by Gasteiger charge is 2.11. The SMILES string of the molecule is CC(C)C(N)Cn1cncc1-c1ccsc1. The summed E-state index contributed by atoms with van der Waals surface area (Å²) in [5.74, 6) is 0.484. The Morgan fingerprint density at radius 3 is 2.94 bits per heavy atom. The summed E-state index contributed by atoms with van der Waals surface area (Å²) < 4.78 is 2.13. The topological polar surface area (TPSA) is 43.8 Å². The zero-order valence-electron chi connectivity index (χ0n) is 9.63. The number of hydrogen-bond donors (Lipinski definition) is 1. The van der Waals surface area contributed by atoms with Gasteiger partial charge in [-0.05, 0) is 17.4 Å². The zero-order chi connectivity index (χ0) is 11.5. The minimum Gasteiger partial charge on any atom is -0.329 e. The van der Waals surface area contributed by atoms with Gasteiger partial charge in [-0.25, -0.2) is 4.98 Å². The largest absolute Gasteiger partial charge is 0.329 e. The van der Waals surface area contributed by atoms with Gasteiger partial charge >= 0.3 is 0 Å². The fraction of sp³-hybridized carbons (Fsp3) is 0.417. The van der Waals surface area contributed by atoms with E-state index in [1.165, 1.54) is 5.56 Å². The second-order valence-electron chi connectivity index (χ2n) is 4.35. The average Bonchev–Trinajstić information content (AvgIpc) is 2.85. The van der Waals surface area contributed by atoms with Gasteiger partial charge in [0.15, 0.2) is 0 Å². The molecule has 86 valence electrons. The number of nitrogens with zero attached hydrogens (tertiary/aromatic N) is 2. The van der Waals surface area contributed by atoms with Crippen molar-refractivity contribution in [3.63, 3.8) is 0 Å². The number of hydrogen-bond acceptors (Lipinski definition) is 3. The molecular formula is C12H17N3S. The van der Waals surface area contributed by atoms with Gasteiger partial charge in [0, 0.05) is 23.5 Å². The quantitative estimate of drug-likeness (QED) is 0.885. The highest BCUT2D eigenvalue weighted by atomic mass is 32.1. The Labute approximate surface area is 99.9 Å². The predicted octanol–water partition coefficient (Wildman–Crippen LogP) is 2.59. The molecule has 0 spiro atoms. The smallest absolute Gasteiger partial charge is 0.0951 e. The van der Waals surface area contributed by atoms with E-state index in [1.54, 1.807) is 11.3 Å². The van der Waals surface area contributed by atoms with Crippen LogP contribution >= 0.6 is 11.3 Å². The summed E-state index contributed by atoms with van der Waals surface area (Å²) in [4.78, 5) is 4.20. The Morgan fingerprint density at radius 1 is 1.50 bits per heavy atom. The first-order chi connectivity index (χ1) is 7.68. The maximum atomic E-state index is 6.08. The van der Waals surface area contributed by atoms with Crippen molar-refractivity contribution in [2.75, 3.05) is 0 Å². The highest BCUT2D eigenvalue weighted by molar-refractivity contribution is 7.08. The third-order valence-corrected chi connectivity index (χ3v) is 3.48. The van der Waals surface area contributed by atoms with Crippen LogP contribution in [0.1, 0.15) is 13.8 Å². The summed E-state index contributed by atoms with van der Waals surface area (Å²) >= 11 is 1.70. The average molecular weight is 235 g/mol. The number of thiophene rings is 1. The molecule has 2 aromatic rings. The fourth-order valence-corrected chi connectivity index (χ4v) is 2.20. The number of aromatic nitrogens is 2. The first-order valence-corrected chi connectivity index (χ1v) is 6.41. The van der Waals surface area contributed by atoms with Crippen LogP contribution in [-0.2, 0) is 6.54 Å². The Bertz CT molecular complexity index is 431. The maximum absolute atomic E-state index is 6.08. The van der Waals surface area contributed by atoms with Crippen molar-refractivity contribution in [1.29, 1.82) is 0 Å². The van der Waals surface area contributed by atoms with Crippen LogP contribution in [-0.4, -0.2) is 15.6 Å². The molecule has 2 rings (SSSR count). The van der Waals surface area contributed by atoms with Crippen LogP contribution in [0.25, 0.3) is 11.3 Å². The van der Waals surface area contributed by atoms with Crippen molar-refractivity contribution in [3.05, 3.63) is 29.4 Å². The molecule has 0 aliphatic carbocycles. The lowest BCUT2D eigenvalue weighted by molar-refractivity contribution is 0.435. The van der Waals surface area contributed by atoms with E-state index in [0.29, 0.717) is 5.92 Å². The van der Waals surface area contributed by atoms with E-state index in [4.69, 9.17) is 5.73 Å². The van der Waals surface area contributed by atoms with Crippen molar-refractivity contribution >= 4 is 11.3 Å². The van der Waals surface area contributed by atoms with E-state index < -0.39 is 0 Å². The van der Waals surface area contributed by atoms with Crippen LogP contribution in [0.2, 0.25) is 0 Å². The summed E-state index contributed by atoms with van der Waals surface area (Å²) in [7, 11) is 0. The van der Waals surface area contributed by atoms with E-state index in [1.807, 2.05) is 12.5 Å². The Morgan fingerprint density at radius 2 is 2.31 bits per heavy atom. The molecule has 16 heavy (non-hydrogen) atoms. The molecule has 3 nitrogen and oxygen atoms in total. The first kappa shape index (κ1) is 11.4. The normalized spacial score (nSPS) is 13.2. The molecule has 4 heteroatoms. The predicted molar refractivity (Wildman–Crippen MR) is 68.4 cm³/mol. The molecule has 0 saturated heterocycles. The van der Waals surface area contributed by atoms with Gasteiger partial charge in [-0.3, -0.25) is 0 Å². The van der Waals surface area contributed by atoms with Crippen molar-refractivity contribution in [1.82, 2.24) is 9.55 Å². The molecule has 0 radical (unpaired) electrons. The summed E-state index contributed by atoms with van der Waals surface area (Å²) in [6, 6.07) is 2.28. The third-order valence-electron chi connectivity index (χ3n) is 2.79. The second kappa shape index (κ2) is 4.80. The lowest BCUT2D eigenvalue weighted by Gasteiger charge is -2.17. The molecule has 2 N–H and O–H groups in total. The van der Waals surface area contributed by atoms with E-state index in [9.17, 15) is 0 Å². The van der Waals surface area contributed by atoms with E-state index in [0.717, 1.165) is 12.2 Å². The van der Waals surface area contributed by atoms with Gasteiger partial charge < -0.3 is 10.3 Å². The monoisotopic (exact) mass is 235 g/mol. The van der Waals surface area contributed by atoms with Crippen LogP contribution in [0.15, 0.2) is 29.4 Å². The van der Waals surface area contributed by atoms with Crippen LogP contribution in [0.4, 0.5) is 0 Å². The van der Waals surface area contributed by atoms with E-state index >= 15 is 0 Å². The van der Waals surface area contributed by atoms with Gasteiger partial charge in [0.2, 0.25) is 0 Å². The molecule has 0 amide bonds. The van der Waals surface area contributed by atoms with Crippen LogP contribution in [0, 0.1) is 5.92 Å². The Kier molecular flexibility index (Phi) is 3.41. The summed E-state index contributed by atoms with van der Waals surface area (Å²) in [6.45, 7) is 5.11. The molecule has 1 unspecified atom stereocenters. The molecule has 2 aromatic heterocycles. The molecule has 0 aromatic carbocycles. The van der Waals surface area contributed by atoms with Crippen LogP contribution < -0.4 is 5.73 Å². The lowest BCUT2D eigenvalue weighted by Crippen LogP contribution is -2.31. The number of imidazole rings is 1. The third kappa shape index (κ3) is 2.33. The first-order valence-electron chi connectivity index (χ1n) is 5.46. The highest BCUT2D eigenvalue weighted by Crippen LogP contribution is 2.22. The standard InChI is InChI=1S/C12H17N3S/c1-9(2)11(13)6-15-8-14-5-12(15)10-3-4-16-7-10/h3-5,7-9,11H,6,13H2,1-2H3. The van der Waals surface area contributed by atoms with Gasteiger partial charge in [0.05, 0.1) is 18.2 Å². The van der Waals surface area contributed by atoms with Crippen molar-refractivity contribution in [3.8, 4) is 11.3 Å². The summed E-state index contributed by atoms with van der Waals surface area (Å²) in [6.07, 6.45) is 3.75. The van der Waals surface area contributed by atoms with Gasteiger partial charge in [-0.1, -0.05) is 13.8 Å². The Hall–Kier alpha value is -1.13. The van der Waals surface area contributed by atoms with Crippen molar-refractivity contribution in [2.45, 2.75) is 26.4 Å². The molecule has 0 saturated carbocycles. The van der Waals surface area contributed by atoms with Gasteiger partial charge in [-0.15, -0.1) is 0 Å². The van der Waals surface area contributed by atoms with Crippen LogP contribution in [0.3, 0.4) is 0 Å². The maximum Gasteiger partial charge on any atom is 0.0951 e. The number of rotatable bonds is 4. The molecule has 0 aliphatic heterocycles. The van der Waals surface area contributed by atoms with Gasteiger partial charge in [0.25, 0.3) is 0 Å². The number of nitrogens with two attached hydrogens (primary N) is 1. The molecule has 0 fully saturated rings. The van der Waals surface area contributed by atoms with Crippen molar-refractivity contribution in [2.24, 2.45) is 11.7 Å². The minimum absolute atomic E-state index is 0.173. The second-order valence-corrected chi connectivity index (χ2v) is 5.13. The molecule has 0 aliphatic rings. The van der Waals surface area contributed by atoms with Crippen molar-refractivity contribution < 1.29 is 0 Å². The summed E-state index contributed by atoms with van der Waals surface area (Å²) in [5, 5.41) is 4.21. The molecular weight excluding hydrogens is 218 g/mol. The van der Waals surface area contributed by atoms with E-state index in [-0.39, 0.29) is 6.04 Å². The van der Waals surface area contributed by atoms with Crippen LogP contribution in [0.5, 0.6) is 0 Å². The summed E-state index contributed by atoms with van der Waals surface area (Å²) in [5.41, 5.74) is 8.46. The molecule has 0 bridgehead atoms. The molecule has 2 heterocycles. The zero-order valence-corrected chi connectivity index (χ0v) is 10.4. The van der Waals surface area contributed by atoms with Gasteiger partial charge in [-0.2, -0.15) is 11.3 Å². The lowest BCUT2D eigenvalue weighted by atomic mass is 10.1. The van der Waals surface area contributed by atoms with Gasteiger partial charge in [0.1, 0.15) is 0 Å². The Balaban J connectivity index is 2.20. The molecule has 1 atom stereocenters. The fourth-order valence-electron chi connectivity index (χ4n) is 1.55. The minimum atomic E-state index is 0.173.